The molecule has 0 bridgehead atoms. The fourth-order valence-electron chi connectivity index (χ4n) is 0.891. The van der Waals surface area contributed by atoms with Gasteiger partial charge in [0, 0.05) is 0 Å². The summed E-state index contributed by atoms with van der Waals surface area (Å²) in [5.41, 5.74) is -4.60. The zero-order valence-electron chi connectivity index (χ0n) is 9.75. The van der Waals surface area contributed by atoms with Crippen LogP contribution in [-0.2, 0) is 22.3 Å². The maximum absolute atomic E-state index is 11.3. The highest BCUT2D eigenvalue weighted by molar-refractivity contribution is 7.66. The van der Waals surface area contributed by atoms with Gasteiger partial charge in [0.25, 0.3) is 0 Å². The lowest BCUT2D eigenvalue weighted by Gasteiger charge is -2.15. The molecule has 0 aliphatic carbocycles. The summed E-state index contributed by atoms with van der Waals surface area (Å²) in [5.74, 6) is 0. The molecular weight excluding hydrogens is 379 g/mol. The molecule has 0 spiro atoms. The quantitative estimate of drug-likeness (QED) is 0.267. The number of aromatic nitrogens is 3. The molecule has 22 heavy (non-hydrogen) atoms. The van der Waals surface area contributed by atoms with E-state index in [-0.39, 0.29) is 0 Å². The molecule has 126 valence electrons. The van der Waals surface area contributed by atoms with Gasteiger partial charge in [0.2, 0.25) is 0 Å². The van der Waals surface area contributed by atoms with E-state index in [0.717, 1.165) is 0 Å². The molecule has 6 N–H and O–H groups in total. The third-order valence-corrected chi connectivity index (χ3v) is 5.11. The van der Waals surface area contributed by atoms with E-state index in [9.17, 15) is 28.1 Å². The topological polar surface area (TPSA) is 248 Å². The van der Waals surface area contributed by atoms with Crippen LogP contribution < -0.4 is 21.7 Å². The van der Waals surface area contributed by atoms with Crippen molar-refractivity contribution in [1.29, 1.82) is 0 Å². The zero-order valence-corrected chi connectivity index (χ0v) is 12.4. The van der Waals surface area contributed by atoms with Gasteiger partial charge in [0.05, 0.1) is 0 Å². The highest BCUT2D eigenvalue weighted by atomic mass is 31.3. The van der Waals surface area contributed by atoms with Gasteiger partial charge in [-0.2, -0.15) is 8.62 Å². The van der Waals surface area contributed by atoms with Crippen molar-refractivity contribution >= 4 is 23.5 Å². The monoisotopic (exact) mass is 385 g/mol. The number of phosphoric acid groups is 3. The van der Waals surface area contributed by atoms with Gasteiger partial charge in [-0.25, -0.2) is 28.1 Å². The number of hydrogen-bond donors (Lipinski definition) is 6. The highest BCUT2D eigenvalue weighted by Gasteiger charge is 2.42. The number of nitrogens with zero attached hydrogens (tertiary/aromatic N) is 1. The zero-order chi connectivity index (χ0) is 17.3. The molecule has 0 amide bonds. The number of nitrogens with one attached hydrogen (secondary N) is 2. The van der Waals surface area contributed by atoms with Crippen molar-refractivity contribution < 1.29 is 46.5 Å². The molecule has 0 aliphatic rings. The number of hydrogen-bond acceptors (Lipinski definition) is 9. The van der Waals surface area contributed by atoms with Gasteiger partial charge in [-0.15, -0.1) is 0 Å². The molecule has 1 aromatic rings. The summed E-state index contributed by atoms with van der Waals surface area (Å²) in [7, 11) is -17.2. The first kappa shape index (κ1) is 18.7. The second-order valence-corrected chi connectivity index (χ2v) is 7.48. The molecule has 1 aromatic heterocycles. The molecule has 19 heteroatoms. The predicted molar refractivity (Wildman–Crippen MR) is 62.4 cm³/mol. The van der Waals surface area contributed by atoms with Crippen molar-refractivity contribution in [1.82, 2.24) is 14.7 Å². The largest absolute Gasteiger partial charge is 0.555 e. The Labute approximate surface area is 117 Å². The van der Waals surface area contributed by atoms with E-state index in [1.165, 1.54) is 9.97 Å². The van der Waals surface area contributed by atoms with E-state index in [0.29, 0.717) is 0 Å². The number of aromatic amines is 2. The Balaban J connectivity index is 3.08. The SMILES string of the molecule is O=c1[nH]c(=O)n(OP(=O)(O)OP(=O)(O)OP(=O)(O)O)c(=O)[nH]1. The first-order valence-electron chi connectivity index (χ1n) is 4.50. The highest BCUT2D eigenvalue weighted by Crippen LogP contribution is 2.65. The summed E-state index contributed by atoms with van der Waals surface area (Å²) in [5, 5.41) is 0. The lowest BCUT2D eigenvalue weighted by atomic mass is 11.0. The van der Waals surface area contributed by atoms with Crippen LogP contribution in [0.1, 0.15) is 0 Å². The molecule has 1 heterocycles. The summed E-state index contributed by atoms with van der Waals surface area (Å²) in [4.78, 5) is 70.1. The van der Waals surface area contributed by atoms with Gasteiger partial charge < -0.3 is 19.3 Å². The van der Waals surface area contributed by atoms with Crippen LogP contribution in [0.5, 0.6) is 0 Å². The third kappa shape index (κ3) is 5.81. The van der Waals surface area contributed by atoms with Crippen molar-refractivity contribution in [2.24, 2.45) is 0 Å². The van der Waals surface area contributed by atoms with Crippen molar-refractivity contribution in [3.8, 4) is 0 Å². The second-order valence-electron chi connectivity index (χ2n) is 3.16. The van der Waals surface area contributed by atoms with Gasteiger partial charge in [-0.3, -0.25) is 14.9 Å². The van der Waals surface area contributed by atoms with E-state index >= 15 is 0 Å². The van der Waals surface area contributed by atoms with E-state index in [2.05, 4.69) is 13.2 Å². The van der Waals surface area contributed by atoms with Crippen LogP contribution in [0, 0.1) is 0 Å². The van der Waals surface area contributed by atoms with Crippen LogP contribution in [0.4, 0.5) is 0 Å². The fourth-order valence-corrected chi connectivity index (χ4v) is 3.87. The third-order valence-electron chi connectivity index (χ3n) is 1.41. The van der Waals surface area contributed by atoms with Gasteiger partial charge in [0.1, 0.15) is 0 Å². The molecule has 0 fully saturated rings. The maximum Gasteiger partial charge on any atom is 0.555 e. The summed E-state index contributed by atoms with van der Waals surface area (Å²) in [6.07, 6.45) is 0. The Morgan fingerprint density at radius 1 is 0.818 bits per heavy atom. The summed E-state index contributed by atoms with van der Waals surface area (Å²) in [6, 6.07) is 0. The first-order chi connectivity index (χ1) is 9.71. The Morgan fingerprint density at radius 2 is 1.27 bits per heavy atom. The summed E-state index contributed by atoms with van der Waals surface area (Å²) in [6.45, 7) is 0. The summed E-state index contributed by atoms with van der Waals surface area (Å²) >= 11 is 0. The van der Waals surface area contributed by atoms with Gasteiger partial charge >= 0.3 is 40.5 Å². The molecule has 0 radical (unpaired) electrons. The van der Waals surface area contributed by atoms with Crippen molar-refractivity contribution in [3.63, 3.8) is 0 Å². The standard InChI is InChI=1S/C3H6N3O13P3/c7-1-4-2(8)6(3(9)5-1)17-21(13,14)19-22(15,16)18-20(10,11)12/h(H,13,14)(H,15,16)(H2,10,11,12)(H2,4,5,7,8,9). The van der Waals surface area contributed by atoms with Crippen molar-refractivity contribution in [3.05, 3.63) is 31.5 Å². The smallest absolute Gasteiger partial charge is 0.302 e. The molecule has 2 unspecified atom stereocenters. The molecule has 0 saturated carbocycles. The minimum Gasteiger partial charge on any atom is -0.302 e. The Morgan fingerprint density at radius 3 is 1.68 bits per heavy atom. The molecule has 16 nitrogen and oxygen atoms in total. The Kier molecular flexibility index (Phi) is 5.14. The van der Waals surface area contributed by atoms with Crippen LogP contribution in [0.25, 0.3) is 0 Å². The molecule has 0 aromatic carbocycles. The normalized spacial score (nSPS) is 17.5. The summed E-state index contributed by atoms with van der Waals surface area (Å²) < 4.78 is 42.5. The Bertz CT molecular complexity index is 834. The molecular formula is C3H6N3O13P3. The predicted octanol–water partition coefficient (Wildman–Crippen LogP) is -3.02. The number of H-pyrrole nitrogens is 2. The number of rotatable bonds is 6. The van der Waals surface area contributed by atoms with Crippen LogP contribution in [0.2, 0.25) is 0 Å². The molecule has 1 rings (SSSR count). The van der Waals surface area contributed by atoms with Crippen molar-refractivity contribution in [2.45, 2.75) is 0 Å². The Hall–Kier alpha value is -1.34. The second kappa shape index (κ2) is 6.04. The van der Waals surface area contributed by atoms with Crippen molar-refractivity contribution in [2.75, 3.05) is 0 Å². The van der Waals surface area contributed by atoms with Crippen LogP contribution in [0.3, 0.4) is 0 Å². The minimum absolute atomic E-state index is 0.556. The maximum atomic E-state index is 11.3. The lowest BCUT2D eigenvalue weighted by Crippen LogP contribution is -2.45. The first-order valence-corrected chi connectivity index (χ1v) is 9.02. The fraction of sp³-hybridized carbons (Fsp3) is 0. The van der Waals surface area contributed by atoms with E-state index in [1.807, 2.05) is 0 Å². The van der Waals surface area contributed by atoms with Crippen LogP contribution in [-0.4, -0.2) is 34.3 Å². The average Bonchev–Trinajstić information content (AvgIpc) is 2.17. The van der Waals surface area contributed by atoms with Gasteiger partial charge in [-0.05, 0) is 0 Å². The van der Waals surface area contributed by atoms with E-state index in [4.69, 9.17) is 19.6 Å². The van der Waals surface area contributed by atoms with Crippen LogP contribution in [0.15, 0.2) is 14.4 Å². The molecule has 2 atom stereocenters. The minimum atomic E-state index is -5.81. The lowest BCUT2D eigenvalue weighted by molar-refractivity contribution is 0.145. The molecule has 0 aliphatic heterocycles. The van der Waals surface area contributed by atoms with E-state index < -0.39 is 45.3 Å². The average molecular weight is 385 g/mol. The van der Waals surface area contributed by atoms with Gasteiger partial charge in [-0.1, -0.05) is 4.73 Å². The van der Waals surface area contributed by atoms with Crippen LogP contribution >= 0.6 is 23.5 Å². The molecule has 0 saturated heterocycles. The van der Waals surface area contributed by atoms with Gasteiger partial charge in [0.15, 0.2) is 0 Å². The van der Waals surface area contributed by atoms with E-state index in [1.54, 1.807) is 0 Å².